The Morgan fingerprint density at radius 2 is 1.89 bits per heavy atom. The number of alkyl halides is 1. The molecule has 0 radical (unpaired) electrons. The third kappa shape index (κ3) is 3.00. The molecule has 0 fully saturated rings. The summed E-state index contributed by atoms with van der Waals surface area (Å²) in [6, 6.07) is 0. The van der Waals surface area contributed by atoms with Crippen LogP contribution >= 0.6 is 0 Å². The van der Waals surface area contributed by atoms with Crippen LogP contribution in [-0.2, 0) is 14.3 Å². The molecule has 0 saturated carbocycles. The molecule has 1 aliphatic carbocycles. The number of Topliss-reactive ketones (excluding diaryl/α,β-unsaturated/α-hetero) is 1. The maximum absolute atomic E-state index is 14.1. The summed E-state index contributed by atoms with van der Waals surface area (Å²) < 4.78 is 45.1. The molecule has 0 amide bonds. The molecule has 0 bridgehead atoms. The van der Waals surface area contributed by atoms with Crippen molar-refractivity contribution >= 4 is 11.8 Å². The Labute approximate surface area is 102 Å². The van der Waals surface area contributed by atoms with E-state index in [0.717, 1.165) is 0 Å². The minimum atomic E-state index is -3.30. The first-order chi connectivity index (χ1) is 8.06. The molecule has 0 heterocycles. The summed E-state index contributed by atoms with van der Waals surface area (Å²) >= 11 is 0. The van der Waals surface area contributed by atoms with E-state index >= 15 is 0 Å². The van der Waals surface area contributed by atoms with Crippen LogP contribution in [0.25, 0.3) is 0 Å². The lowest BCUT2D eigenvalue weighted by molar-refractivity contribution is -0.159. The first-order valence-corrected chi connectivity index (χ1v) is 5.25. The highest BCUT2D eigenvalue weighted by Gasteiger charge is 2.49. The average Bonchev–Trinajstić information content (AvgIpc) is 2.18. The Hall–Kier alpha value is -1.59. The lowest BCUT2D eigenvalue weighted by atomic mass is 9.90. The van der Waals surface area contributed by atoms with Gasteiger partial charge in [0.2, 0.25) is 11.5 Å². The van der Waals surface area contributed by atoms with Gasteiger partial charge in [0.1, 0.15) is 11.4 Å². The van der Waals surface area contributed by atoms with Gasteiger partial charge in [-0.05, 0) is 32.9 Å². The third-order valence-electron chi connectivity index (χ3n) is 2.14. The minimum absolute atomic E-state index is 0.487. The van der Waals surface area contributed by atoms with E-state index in [1.54, 1.807) is 0 Å². The third-order valence-corrected chi connectivity index (χ3v) is 2.14. The molecule has 1 rings (SSSR count). The second-order valence-electron chi connectivity index (χ2n) is 4.92. The molecule has 100 valence electrons. The Kier molecular flexibility index (Phi) is 3.69. The topological polar surface area (TPSA) is 43.4 Å². The fourth-order valence-electron chi connectivity index (χ4n) is 1.39. The molecular weight excluding hydrogens is 249 g/mol. The number of halogens is 3. The normalized spacial score (nSPS) is 24.4. The summed E-state index contributed by atoms with van der Waals surface area (Å²) in [4.78, 5) is 22.6. The van der Waals surface area contributed by atoms with Crippen molar-refractivity contribution in [1.29, 1.82) is 0 Å². The van der Waals surface area contributed by atoms with Crippen LogP contribution in [0.4, 0.5) is 13.2 Å². The molecule has 0 unspecified atom stereocenters. The van der Waals surface area contributed by atoms with E-state index in [2.05, 4.69) is 0 Å². The largest absolute Gasteiger partial charge is 0.460 e. The maximum atomic E-state index is 14.1. The molecule has 0 aromatic heterocycles. The van der Waals surface area contributed by atoms with Gasteiger partial charge in [0, 0.05) is 0 Å². The van der Waals surface area contributed by atoms with Crippen molar-refractivity contribution in [1.82, 2.24) is 0 Å². The standard InChI is InChI=1S/C12H13F3O3/c1-11(2,3)18-9(16)6-12(15)8(14)5-4-7(13)10(12)17/h4-5H,6H2,1-3H3/t12-/m0/s1. The highest BCUT2D eigenvalue weighted by Crippen LogP contribution is 2.35. The lowest BCUT2D eigenvalue weighted by Gasteiger charge is -2.25. The van der Waals surface area contributed by atoms with E-state index in [1.165, 1.54) is 20.8 Å². The van der Waals surface area contributed by atoms with Crippen LogP contribution in [0.2, 0.25) is 0 Å². The Morgan fingerprint density at radius 1 is 1.33 bits per heavy atom. The number of esters is 1. The first-order valence-electron chi connectivity index (χ1n) is 5.25. The van der Waals surface area contributed by atoms with E-state index in [-0.39, 0.29) is 0 Å². The van der Waals surface area contributed by atoms with Gasteiger partial charge in [0.15, 0.2) is 5.83 Å². The molecule has 3 nitrogen and oxygen atoms in total. The number of ketones is 1. The summed E-state index contributed by atoms with van der Waals surface area (Å²) in [5, 5.41) is 0. The molecule has 1 aliphatic rings. The number of hydrogen-bond donors (Lipinski definition) is 0. The zero-order valence-electron chi connectivity index (χ0n) is 10.2. The zero-order chi connectivity index (χ0) is 14.1. The van der Waals surface area contributed by atoms with Gasteiger partial charge in [-0.15, -0.1) is 0 Å². The van der Waals surface area contributed by atoms with Crippen LogP contribution < -0.4 is 0 Å². The van der Waals surface area contributed by atoms with Gasteiger partial charge in [-0.3, -0.25) is 9.59 Å². The molecule has 0 saturated heterocycles. The van der Waals surface area contributed by atoms with Crippen molar-refractivity contribution < 1.29 is 27.5 Å². The number of carbonyl (C=O) groups excluding carboxylic acids is 2. The number of rotatable bonds is 2. The van der Waals surface area contributed by atoms with Crippen LogP contribution in [0.15, 0.2) is 23.8 Å². The SMILES string of the molecule is CC(C)(C)OC(=O)C[C@@]1(F)C(=O)C(F)=CC=C1F. The van der Waals surface area contributed by atoms with Gasteiger partial charge in [-0.1, -0.05) is 0 Å². The molecule has 0 aromatic rings. The number of ether oxygens (including phenoxy) is 1. The van der Waals surface area contributed by atoms with Crippen LogP contribution in [0.1, 0.15) is 27.2 Å². The highest BCUT2D eigenvalue weighted by atomic mass is 19.2. The van der Waals surface area contributed by atoms with Gasteiger partial charge in [0.25, 0.3) is 0 Å². The summed E-state index contributed by atoms with van der Waals surface area (Å²) in [5.74, 6) is -5.74. The van der Waals surface area contributed by atoms with E-state index in [0.29, 0.717) is 12.2 Å². The van der Waals surface area contributed by atoms with Gasteiger partial charge >= 0.3 is 5.97 Å². The van der Waals surface area contributed by atoms with Crippen molar-refractivity contribution in [2.24, 2.45) is 0 Å². The van der Waals surface area contributed by atoms with Crippen molar-refractivity contribution in [3.63, 3.8) is 0 Å². The van der Waals surface area contributed by atoms with Gasteiger partial charge in [-0.2, -0.15) is 0 Å². The summed E-state index contributed by atoms with van der Waals surface area (Å²) in [6.07, 6.45) is -0.182. The smallest absolute Gasteiger partial charge is 0.310 e. The van der Waals surface area contributed by atoms with Gasteiger partial charge < -0.3 is 4.74 Å². The fraction of sp³-hybridized carbons (Fsp3) is 0.500. The number of allylic oxidation sites excluding steroid dienone is 4. The molecule has 0 N–H and O–H groups in total. The van der Waals surface area contributed by atoms with Gasteiger partial charge in [-0.25, -0.2) is 13.2 Å². The van der Waals surface area contributed by atoms with E-state index in [9.17, 15) is 22.8 Å². The van der Waals surface area contributed by atoms with Crippen molar-refractivity contribution in [3.8, 4) is 0 Å². The van der Waals surface area contributed by atoms with Crippen molar-refractivity contribution in [2.45, 2.75) is 38.5 Å². The molecule has 1 atom stereocenters. The quantitative estimate of drug-likeness (QED) is 0.719. The van der Waals surface area contributed by atoms with Crippen LogP contribution in [0.5, 0.6) is 0 Å². The monoisotopic (exact) mass is 262 g/mol. The van der Waals surface area contributed by atoms with E-state index < -0.39 is 41.1 Å². The lowest BCUT2D eigenvalue weighted by Crippen LogP contribution is -2.40. The zero-order valence-corrected chi connectivity index (χ0v) is 10.2. The molecular formula is C12H13F3O3. The van der Waals surface area contributed by atoms with Crippen molar-refractivity contribution in [3.05, 3.63) is 23.8 Å². The van der Waals surface area contributed by atoms with E-state index in [4.69, 9.17) is 4.74 Å². The fourth-order valence-corrected chi connectivity index (χ4v) is 1.39. The average molecular weight is 262 g/mol. The number of hydrogen-bond acceptors (Lipinski definition) is 3. The summed E-state index contributed by atoms with van der Waals surface area (Å²) in [7, 11) is 0. The second kappa shape index (κ2) is 4.59. The second-order valence-corrected chi connectivity index (χ2v) is 4.92. The molecule has 0 aromatic carbocycles. The predicted octanol–water partition coefficient (Wildman–Crippen LogP) is 2.72. The Balaban J connectivity index is 2.89. The maximum Gasteiger partial charge on any atom is 0.310 e. The number of carbonyl (C=O) groups is 2. The minimum Gasteiger partial charge on any atom is -0.460 e. The Morgan fingerprint density at radius 3 is 2.39 bits per heavy atom. The molecule has 0 aliphatic heterocycles. The van der Waals surface area contributed by atoms with Gasteiger partial charge in [0.05, 0.1) is 6.42 Å². The summed E-state index contributed by atoms with van der Waals surface area (Å²) in [6.45, 7) is 4.60. The van der Waals surface area contributed by atoms with E-state index in [1.807, 2.05) is 0 Å². The summed E-state index contributed by atoms with van der Waals surface area (Å²) in [5.41, 5.74) is -4.21. The highest BCUT2D eigenvalue weighted by molar-refractivity contribution is 6.05. The Bertz CT molecular complexity index is 442. The molecule has 0 spiro atoms. The molecule has 18 heavy (non-hydrogen) atoms. The van der Waals surface area contributed by atoms with Crippen molar-refractivity contribution in [2.75, 3.05) is 0 Å². The molecule has 6 heteroatoms. The van der Waals surface area contributed by atoms with Crippen LogP contribution in [-0.4, -0.2) is 23.0 Å². The predicted molar refractivity (Wildman–Crippen MR) is 57.7 cm³/mol. The van der Waals surface area contributed by atoms with Crippen LogP contribution in [0, 0.1) is 0 Å². The first kappa shape index (κ1) is 14.5. The van der Waals surface area contributed by atoms with Crippen LogP contribution in [0.3, 0.4) is 0 Å².